The van der Waals surface area contributed by atoms with Gasteiger partial charge in [0.25, 0.3) is 0 Å². The fourth-order valence-corrected chi connectivity index (χ4v) is 2.04. The molecule has 7 heteroatoms. The van der Waals surface area contributed by atoms with Gasteiger partial charge in [-0.15, -0.1) is 0 Å². The van der Waals surface area contributed by atoms with Crippen molar-refractivity contribution in [3.63, 3.8) is 0 Å². The van der Waals surface area contributed by atoms with Crippen LogP contribution in [0.15, 0.2) is 0 Å². The average Bonchev–Trinajstić information content (AvgIpc) is 2.42. The van der Waals surface area contributed by atoms with Gasteiger partial charge in [-0.2, -0.15) is 0 Å². The van der Waals surface area contributed by atoms with E-state index in [1.807, 2.05) is 6.92 Å². The monoisotopic (exact) mass is 304 g/mol. The number of methoxy groups -OCH3 is 1. The topological polar surface area (TPSA) is 99.1 Å². The Labute approximate surface area is 126 Å². The van der Waals surface area contributed by atoms with Crippen LogP contribution in [0, 0.1) is 5.92 Å². The van der Waals surface area contributed by atoms with Crippen molar-refractivity contribution >= 4 is 12.0 Å². The lowest BCUT2D eigenvalue weighted by molar-refractivity contribution is -0.137. The Kier molecular flexibility index (Phi) is 10.6. The zero-order chi connectivity index (χ0) is 16.3. The van der Waals surface area contributed by atoms with Crippen LogP contribution in [0.5, 0.6) is 0 Å². The molecule has 0 aromatic rings. The second-order valence-electron chi connectivity index (χ2n) is 5.22. The molecule has 2 unspecified atom stereocenters. The first-order valence-corrected chi connectivity index (χ1v) is 7.28. The zero-order valence-corrected chi connectivity index (χ0v) is 13.2. The van der Waals surface area contributed by atoms with E-state index < -0.39 is 12.1 Å². The minimum absolute atomic E-state index is 0.162. The number of aliphatic carboxylic acids is 1. The van der Waals surface area contributed by atoms with E-state index in [0.29, 0.717) is 18.9 Å². The lowest BCUT2D eigenvalue weighted by Crippen LogP contribution is -2.42. The van der Waals surface area contributed by atoms with Crippen LogP contribution in [0.1, 0.15) is 32.6 Å². The number of rotatable bonds is 11. The first kappa shape index (κ1) is 19.7. The molecule has 0 spiro atoms. The molecule has 0 aromatic heterocycles. The first-order chi connectivity index (χ1) is 9.90. The molecule has 0 aliphatic carbocycles. The normalized spacial score (nSPS) is 13.5. The van der Waals surface area contributed by atoms with E-state index in [0.717, 1.165) is 12.8 Å². The van der Waals surface area contributed by atoms with Gasteiger partial charge in [0.2, 0.25) is 0 Å². The number of ether oxygens (including phenoxy) is 1. The summed E-state index contributed by atoms with van der Waals surface area (Å²) in [6, 6.07) is -0.252. The number of carbonyl (C=O) groups is 2. The number of aliphatic hydroxyl groups excluding tert-OH is 1. The second-order valence-corrected chi connectivity index (χ2v) is 5.22. The number of nitrogens with zero attached hydrogens (tertiary/aromatic N) is 1. The van der Waals surface area contributed by atoms with Gasteiger partial charge < -0.3 is 25.2 Å². The van der Waals surface area contributed by atoms with Crippen molar-refractivity contribution in [2.24, 2.45) is 5.92 Å². The number of carboxylic acid groups (broad SMARTS) is 1. The molecule has 0 fully saturated rings. The summed E-state index contributed by atoms with van der Waals surface area (Å²) >= 11 is 0. The molecule has 0 saturated carbocycles. The van der Waals surface area contributed by atoms with Crippen LogP contribution in [0.2, 0.25) is 0 Å². The first-order valence-electron chi connectivity index (χ1n) is 7.28. The van der Waals surface area contributed by atoms with Crippen LogP contribution in [0.25, 0.3) is 0 Å². The SMILES string of the molecule is CCC(CCNC(=O)N(C)CC(O)COC)CCC(=O)O. The Bertz CT molecular complexity index is 312. The number of hydrogen-bond acceptors (Lipinski definition) is 4. The molecule has 0 rings (SSSR count). The Morgan fingerprint density at radius 2 is 2.00 bits per heavy atom. The maximum absolute atomic E-state index is 11.8. The molecule has 0 saturated heterocycles. The van der Waals surface area contributed by atoms with Crippen molar-refractivity contribution in [2.75, 3.05) is 33.9 Å². The highest BCUT2D eigenvalue weighted by atomic mass is 16.5. The fraction of sp³-hybridized carbons (Fsp3) is 0.857. The van der Waals surface area contributed by atoms with Gasteiger partial charge in [-0.05, 0) is 18.8 Å². The van der Waals surface area contributed by atoms with E-state index in [9.17, 15) is 14.7 Å². The molecule has 0 aliphatic rings. The Hall–Kier alpha value is -1.34. The standard InChI is InChI=1S/C14H28N2O5/c1-4-11(5-6-13(18)19)7-8-15-14(20)16(2)9-12(17)10-21-3/h11-12,17H,4-10H2,1-3H3,(H,15,20)(H,18,19). The van der Waals surface area contributed by atoms with Gasteiger partial charge >= 0.3 is 12.0 Å². The molecule has 0 aromatic carbocycles. The van der Waals surface area contributed by atoms with Crippen LogP contribution in [0.3, 0.4) is 0 Å². The predicted octanol–water partition coefficient (Wildman–Crippen LogP) is 0.916. The van der Waals surface area contributed by atoms with Gasteiger partial charge in [0.05, 0.1) is 19.3 Å². The van der Waals surface area contributed by atoms with Crippen LogP contribution in [0.4, 0.5) is 4.79 Å². The molecule has 21 heavy (non-hydrogen) atoms. The molecule has 0 radical (unpaired) electrons. The summed E-state index contributed by atoms with van der Waals surface area (Å²) in [6.07, 6.45) is 1.74. The van der Waals surface area contributed by atoms with Crippen LogP contribution in [-0.4, -0.2) is 67.1 Å². The largest absolute Gasteiger partial charge is 0.481 e. The third kappa shape index (κ3) is 10.1. The maximum atomic E-state index is 11.8. The highest BCUT2D eigenvalue weighted by molar-refractivity contribution is 5.73. The van der Waals surface area contributed by atoms with E-state index in [2.05, 4.69) is 5.32 Å². The van der Waals surface area contributed by atoms with E-state index in [1.165, 1.54) is 12.0 Å². The molecule has 0 bridgehead atoms. The number of carboxylic acids is 1. The molecule has 0 heterocycles. The smallest absolute Gasteiger partial charge is 0.317 e. The highest BCUT2D eigenvalue weighted by Crippen LogP contribution is 2.14. The molecular formula is C14H28N2O5. The van der Waals surface area contributed by atoms with Crippen molar-refractivity contribution in [1.29, 1.82) is 0 Å². The van der Waals surface area contributed by atoms with E-state index in [4.69, 9.17) is 9.84 Å². The van der Waals surface area contributed by atoms with Crippen molar-refractivity contribution in [3.8, 4) is 0 Å². The third-order valence-corrected chi connectivity index (χ3v) is 3.36. The number of nitrogens with one attached hydrogen (secondary N) is 1. The van der Waals surface area contributed by atoms with Gasteiger partial charge in [-0.1, -0.05) is 13.3 Å². The average molecular weight is 304 g/mol. The van der Waals surface area contributed by atoms with Gasteiger partial charge in [0.15, 0.2) is 0 Å². The van der Waals surface area contributed by atoms with Gasteiger partial charge in [0.1, 0.15) is 0 Å². The number of carbonyl (C=O) groups excluding carboxylic acids is 1. The number of amides is 2. The Morgan fingerprint density at radius 1 is 1.33 bits per heavy atom. The van der Waals surface area contributed by atoms with Crippen LogP contribution >= 0.6 is 0 Å². The summed E-state index contributed by atoms with van der Waals surface area (Å²) in [5.74, 6) is -0.491. The molecular weight excluding hydrogens is 276 g/mol. The molecule has 0 aliphatic heterocycles. The van der Waals surface area contributed by atoms with Crippen molar-refractivity contribution in [1.82, 2.24) is 10.2 Å². The van der Waals surface area contributed by atoms with Crippen molar-refractivity contribution < 1.29 is 24.5 Å². The minimum atomic E-state index is -0.788. The lowest BCUT2D eigenvalue weighted by atomic mass is 9.97. The van der Waals surface area contributed by atoms with E-state index in [1.54, 1.807) is 7.05 Å². The van der Waals surface area contributed by atoms with Crippen molar-refractivity contribution in [2.45, 2.75) is 38.7 Å². The number of likely N-dealkylation sites (N-methyl/N-ethyl adjacent to an activating group) is 1. The summed E-state index contributed by atoms with van der Waals surface area (Å²) in [7, 11) is 3.10. The molecule has 3 N–H and O–H groups in total. The van der Waals surface area contributed by atoms with E-state index >= 15 is 0 Å². The molecule has 7 nitrogen and oxygen atoms in total. The summed E-state index contributed by atoms with van der Waals surface area (Å²) in [6.45, 7) is 2.91. The van der Waals surface area contributed by atoms with Crippen LogP contribution in [-0.2, 0) is 9.53 Å². The Morgan fingerprint density at radius 3 is 2.52 bits per heavy atom. The quantitative estimate of drug-likeness (QED) is 0.527. The fourth-order valence-electron chi connectivity index (χ4n) is 2.04. The minimum Gasteiger partial charge on any atom is -0.481 e. The number of hydrogen-bond donors (Lipinski definition) is 3. The molecule has 2 atom stereocenters. The third-order valence-electron chi connectivity index (χ3n) is 3.36. The second kappa shape index (κ2) is 11.3. The van der Waals surface area contributed by atoms with Gasteiger partial charge in [-0.25, -0.2) is 4.79 Å². The summed E-state index contributed by atoms with van der Waals surface area (Å²) in [5.41, 5.74) is 0. The van der Waals surface area contributed by atoms with Gasteiger partial charge in [0, 0.05) is 27.1 Å². The highest BCUT2D eigenvalue weighted by Gasteiger charge is 2.14. The zero-order valence-electron chi connectivity index (χ0n) is 13.2. The van der Waals surface area contributed by atoms with Crippen molar-refractivity contribution in [3.05, 3.63) is 0 Å². The maximum Gasteiger partial charge on any atom is 0.317 e. The predicted molar refractivity (Wildman–Crippen MR) is 79.2 cm³/mol. The van der Waals surface area contributed by atoms with Gasteiger partial charge in [-0.3, -0.25) is 4.79 Å². The lowest BCUT2D eigenvalue weighted by Gasteiger charge is -2.21. The summed E-state index contributed by atoms with van der Waals surface area (Å²) in [4.78, 5) is 23.7. The number of aliphatic hydroxyl groups is 1. The van der Waals surface area contributed by atoms with Crippen LogP contribution < -0.4 is 5.32 Å². The summed E-state index contributed by atoms with van der Waals surface area (Å²) < 4.78 is 4.80. The molecule has 124 valence electrons. The Balaban J connectivity index is 3.92. The number of urea groups is 1. The molecule has 2 amide bonds. The van der Waals surface area contributed by atoms with E-state index in [-0.39, 0.29) is 25.6 Å². The summed E-state index contributed by atoms with van der Waals surface area (Å²) in [5, 5.41) is 21.0.